The molecule has 0 aromatic heterocycles. The molecule has 2 aliphatic heterocycles. The van der Waals surface area contributed by atoms with E-state index in [1.54, 1.807) is 7.11 Å². The van der Waals surface area contributed by atoms with Crippen LogP contribution in [0.5, 0.6) is 0 Å². The normalized spacial score (nSPS) is 28.8. The molecule has 0 saturated carbocycles. The van der Waals surface area contributed by atoms with Crippen LogP contribution in [0.15, 0.2) is 24.3 Å². The fraction of sp³-hybridized carbons (Fsp3) is 0.647. The summed E-state index contributed by atoms with van der Waals surface area (Å²) in [6, 6.07) is 8.81. The van der Waals surface area contributed by atoms with Crippen LogP contribution in [0.3, 0.4) is 0 Å². The Morgan fingerprint density at radius 2 is 2.10 bits per heavy atom. The number of rotatable bonds is 4. The van der Waals surface area contributed by atoms with Gasteiger partial charge in [0.1, 0.15) is 0 Å². The molecule has 2 fully saturated rings. The molecule has 0 spiro atoms. The lowest BCUT2D eigenvalue weighted by Gasteiger charge is -2.35. The van der Waals surface area contributed by atoms with Gasteiger partial charge in [0, 0.05) is 32.3 Å². The van der Waals surface area contributed by atoms with Crippen LogP contribution < -0.4 is 5.32 Å². The van der Waals surface area contributed by atoms with Crippen LogP contribution in [0.1, 0.15) is 25.0 Å². The molecule has 1 aromatic carbocycles. The van der Waals surface area contributed by atoms with Gasteiger partial charge in [-0.05, 0) is 43.4 Å². The third-order valence-corrected chi connectivity index (χ3v) is 5.19. The molecule has 0 aliphatic carbocycles. The lowest BCUT2D eigenvalue weighted by Crippen LogP contribution is -2.43. The van der Waals surface area contributed by atoms with Crippen LogP contribution in [0.25, 0.3) is 0 Å². The third-order valence-electron chi connectivity index (χ3n) is 5.19. The van der Waals surface area contributed by atoms with E-state index in [0.717, 1.165) is 18.4 Å². The fourth-order valence-electron chi connectivity index (χ4n) is 3.98. The maximum absolute atomic E-state index is 5.23. The minimum atomic E-state index is 0.297. The fourth-order valence-corrected chi connectivity index (χ4v) is 3.98. The van der Waals surface area contributed by atoms with Crippen LogP contribution >= 0.6 is 0 Å². The second-order valence-electron chi connectivity index (χ2n) is 6.81. The summed E-state index contributed by atoms with van der Waals surface area (Å²) >= 11 is 0. The van der Waals surface area contributed by atoms with E-state index in [4.69, 9.17) is 4.74 Å². The van der Waals surface area contributed by atoms with Gasteiger partial charge in [0.15, 0.2) is 0 Å². The zero-order valence-corrected chi connectivity index (χ0v) is 12.9. The summed E-state index contributed by atoms with van der Waals surface area (Å²) in [4.78, 5) is 2.66. The molecular weight excluding hydrogens is 248 g/mol. The number of benzene rings is 1. The third kappa shape index (κ3) is 2.50. The number of nitrogens with zero attached hydrogens (tertiary/aromatic N) is 1. The molecule has 0 radical (unpaired) electrons. The average molecular weight is 274 g/mol. The van der Waals surface area contributed by atoms with Gasteiger partial charge in [-0.25, -0.2) is 0 Å². The van der Waals surface area contributed by atoms with Crippen molar-refractivity contribution in [2.45, 2.75) is 32.5 Å². The highest BCUT2D eigenvalue weighted by atomic mass is 16.5. The van der Waals surface area contributed by atoms with Crippen LogP contribution in [0.4, 0.5) is 0 Å². The lowest BCUT2D eigenvalue weighted by atomic mass is 9.85. The van der Waals surface area contributed by atoms with Crippen molar-refractivity contribution in [2.24, 2.45) is 11.8 Å². The van der Waals surface area contributed by atoms with Crippen molar-refractivity contribution < 1.29 is 4.74 Å². The van der Waals surface area contributed by atoms with E-state index in [0.29, 0.717) is 12.1 Å². The standard InChI is InChI=1S/C17H26N2O/c1-17(2)16-9-18-8-15(16)11-19(17)10-13-5-4-6-14(7-13)12-20-3/h4-7,15-16,18H,8-12H2,1-3H3. The van der Waals surface area contributed by atoms with Crippen LogP contribution in [0, 0.1) is 11.8 Å². The first kappa shape index (κ1) is 14.1. The highest BCUT2D eigenvalue weighted by Crippen LogP contribution is 2.41. The van der Waals surface area contributed by atoms with E-state index in [1.165, 1.54) is 30.8 Å². The van der Waals surface area contributed by atoms with E-state index in [-0.39, 0.29) is 0 Å². The van der Waals surface area contributed by atoms with Gasteiger partial charge in [0.05, 0.1) is 6.61 Å². The van der Waals surface area contributed by atoms with Crippen molar-refractivity contribution in [3.63, 3.8) is 0 Å². The molecule has 2 heterocycles. The van der Waals surface area contributed by atoms with Gasteiger partial charge in [-0.1, -0.05) is 24.3 Å². The number of fused-ring (bicyclic) bond motifs is 1. The van der Waals surface area contributed by atoms with E-state index >= 15 is 0 Å². The number of methoxy groups -OCH3 is 1. The topological polar surface area (TPSA) is 24.5 Å². The summed E-state index contributed by atoms with van der Waals surface area (Å²) in [6.45, 7) is 10.2. The van der Waals surface area contributed by atoms with Gasteiger partial charge in [-0.3, -0.25) is 4.90 Å². The molecule has 20 heavy (non-hydrogen) atoms. The Kier molecular flexibility index (Phi) is 3.85. The molecule has 3 heteroatoms. The average Bonchev–Trinajstić information content (AvgIpc) is 2.95. The van der Waals surface area contributed by atoms with Gasteiger partial charge >= 0.3 is 0 Å². The Morgan fingerprint density at radius 1 is 1.30 bits per heavy atom. The highest BCUT2D eigenvalue weighted by Gasteiger charge is 2.49. The molecule has 1 aromatic rings. The maximum Gasteiger partial charge on any atom is 0.0713 e. The summed E-state index contributed by atoms with van der Waals surface area (Å²) in [5.74, 6) is 1.62. The van der Waals surface area contributed by atoms with E-state index in [2.05, 4.69) is 48.3 Å². The van der Waals surface area contributed by atoms with E-state index in [1.807, 2.05) is 0 Å². The Balaban J connectivity index is 1.73. The van der Waals surface area contributed by atoms with Crippen molar-refractivity contribution in [1.29, 1.82) is 0 Å². The minimum absolute atomic E-state index is 0.297. The quantitative estimate of drug-likeness (QED) is 0.911. The first-order valence-electron chi connectivity index (χ1n) is 7.64. The smallest absolute Gasteiger partial charge is 0.0713 e. The Hall–Kier alpha value is -0.900. The summed E-state index contributed by atoms with van der Waals surface area (Å²) in [6.07, 6.45) is 0. The predicted octanol–water partition coefficient (Wildman–Crippen LogP) is 2.26. The molecule has 2 aliphatic rings. The van der Waals surface area contributed by atoms with Gasteiger partial charge in [-0.15, -0.1) is 0 Å². The first-order chi connectivity index (χ1) is 9.61. The largest absolute Gasteiger partial charge is 0.380 e. The van der Waals surface area contributed by atoms with E-state index in [9.17, 15) is 0 Å². The van der Waals surface area contributed by atoms with Gasteiger partial charge in [0.2, 0.25) is 0 Å². The molecular formula is C17H26N2O. The Labute approximate surface area is 122 Å². The zero-order valence-electron chi connectivity index (χ0n) is 12.9. The monoisotopic (exact) mass is 274 g/mol. The van der Waals surface area contributed by atoms with Crippen LogP contribution in [-0.4, -0.2) is 37.2 Å². The van der Waals surface area contributed by atoms with Crippen molar-refractivity contribution in [2.75, 3.05) is 26.7 Å². The molecule has 2 saturated heterocycles. The number of likely N-dealkylation sites (tertiary alicyclic amines) is 1. The maximum atomic E-state index is 5.23. The molecule has 0 amide bonds. The molecule has 2 atom stereocenters. The summed E-state index contributed by atoms with van der Waals surface area (Å²) in [7, 11) is 1.75. The second-order valence-corrected chi connectivity index (χ2v) is 6.81. The number of hydrogen-bond acceptors (Lipinski definition) is 3. The van der Waals surface area contributed by atoms with Crippen molar-refractivity contribution in [3.8, 4) is 0 Å². The van der Waals surface area contributed by atoms with Crippen LogP contribution in [-0.2, 0) is 17.9 Å². The Bertz CT molecular complexity index is 472. The van der Waals surface area contributed by atoms with Crippen molar-refractivity contribution in [3.05, 3.63) is 35.4 Å². The second kappa shape index (κ2) is 5.47. The highest BCUT2D eigenvalue weighted by molar-refractivity contribution is 5.23. The predicted molar refractivity (Wildman–Crippen MR) is 81.5 cm³/mol. The molecule has 3 rings (SSSR count). The Morgan fingerprint density at radius 3 is 2.85 bits per heavy atom. The minimum Gasteiger partial charge on any atom is -0.380 e. The first-order valence-corrected chi connectivity index (χ1v) is 7.64. The molecule has 110 valence electrons. The summed E-state index contributed by atoms with van der Waals surface area (Å²) in [5.41, 5.74) is 2.97. The number of nitrogens with one attached hydrogen (secondary N) is 1. The SMILES string of the molecule is COCc1cccc(CN2CC3CNCC3C2(C)C)c1. The molecule has 3 nitrogen and oxygen atoms in total. The zero-order chi connectivity index (χ0) is 14.2. The van der Waals surface area contributed by atoms with Crippen molar-refractivity contribution >= 4 is 0 Å². The summed E-state index contributed by atoms with van der Waals surface area (Å²) in [5, 5.41) is 3.55. The van der Waals surface area contributed by atoms with Gasteiger partial charge in [0.25, 0.3) is 0 Å². The molecule has 0 bridgehead atoms. The van der Waals surface area contributed by atoms with Crippen molar-refractivity contribution in [1.82, 2.24) is 10.2 Å². The lowest BCUT2D eigenvalue weighted by molar-refractivity contribution is 0.132. The van der Waals surface area contributed by atoms with Gasteiger partial charge in [-0.2, -0.15) is 0 Å². The van der Waals surface area contributed by atoms with Gasteiger partial charge < -0.3 is 10.1 Å². The van der Waals surface area contributed by atoms with E-state index < -0.39 is 0 Å². The number of hydrogen-bond donors (Lipinski definition) is 1. The number of ether oxygens (including phenoxy) is 1. The molecule has 1 N–H and O–H groups in total. The van der Waals surface area contributed by atoms with Crippen LogP contribution in [0.2, 0.25) is 0 Å². The molecule has 2 unspecified atom stereocenters. The summed E-state index contributed by atoms with van der Waals surface area (Å²) < 4.78 is 5.23.